The fourth-order valence-electron chi connectivity index (χ4n) is 1.16. The van der Waals surface area contributed by atoms with Crippen LogP contribution in [0.25, 0.3) is 0 Å². The fourth-order valence-corrected chi connectivity index (χ4v) is 1.62. The first kappa shape index (κ1) is 16.3. The highest BCUT2D eigenvalue weighted by Crippen LogP contribution is 2.41. The Balaban J connectivity index is 0.00000256. The van der Waals surface area contributed by atoms with Crippen molar-refractivity contribution in [1.29, 1.82) is 0 Å². The predicted octanol–water partition coefficient (Wildman–Crippen LogP) is 3.15. The number of nitrogens with two attached hydrogens (primary N) is 1. The van der Waals surface area contributed by atoms with Gasteiger partial charge in [-0.25, -0.2) is 0 Å². The molecule has 0 unspecified atom stereocenters. The van der Waals surface area contributed by atoms with Gasteiger partial charge in [0.1, 0.15) is 6.04 Å². The van der Waals surface area contributed by atoms with Gasteiger partial charge in [-0.1, -0.05) is 15.9 Å². The van der Waals surface area contributed by atoms with Crippen LogP contribution in [0.2, 0.25) is 0 Å². The zero-order valence-electron chi connectivity index (χ0n) is 8.58. The van der Waals surface area contributed by atoms with Gasteiger partial charge in [-0.2, -0.15) is 13.2 Å². The van der Waals surface area contributed by atoms with Crippen molar-refractivity contribution in [3.05, 3.63) is 22.2 Å². The van der Waals surface area contributed by atoms with Gasteiger partial charge in [0.05, 0.1) is 7.11 Å². The van der Waals surface area contributed by atoms with Crippen LogP contribution in [0.15, 0.2) is 16.6 Å². The molecule has 1 aromatic rings. The monoisotopic (exact) mass is 335 g/mol. The molecule has 0 aliphatic heterocycles. The second-order valence-electron chi connectivity index (χ2n) is 3.07. The van der Waals surface area contributed by atoms with Gasteiger partial charge in [0.2, 0.25) is 0 Å². The van der Waals surface area contributed by atoms with E-state index >= 15 is 0 Å². The van der Waals surface area contributed by atoms with Crippen molar-refractivity contribution in [2.24, 2.45) is 5.73 Å². The Labute approximate surface area is 110 Å². The van der Waals surface area contributed by atoms with Crippen molar-refractivity contribution in [3.8, 4) is 11.5 Å². The number of phenols is 1. The van der Waals surface area contributed by atoms with Crippen LogP contribution >= 0.6 is 28.3 Å². The highest BCUT2D eigenvalue weighted by Gasteiger charge is 2.40. The minimum absolute atomic E-state index is 0. The second kappa shape index (κ2) is 5.79. The molecule has 17 heavy (non-hydrogen) atoms. The number of benzene rings is 1. The fraction of sp³-hybridized carbons (Fsp3) is 0.333. The summed E-state index contributed by atoms with van der Waals surface area (Å²) in [6.45, 7) is 0. The average Bonchev–Trinajstić information content (AvgIpc) is 2.18. The summed E-state index contributed by atoms with van der Waals surface area (Å²) in [5, 5.41) is 9.52. The Morgan fingerprint density at radius 2 is 1.94 bits per heavy atom. The van der Waals surface area contributed by atoms with Gasteiger partial charge in [0.25, 0.3) is 0 Å². The van der Waals surface area contributed by atoms with Crippen LogP contribution in [0, 0.1) is 0 Å². The van der Waals surface area contributed by atoms with E-state index in [4.69, 9.17) is 10.5 Å². The molecular formula is C9H10BrClF3NO2. The Hall–Kier alpha value is -0.660. The molecule has 1 atom stereocenters. The van der Waals surface area contributed by atoms with E-state index in [-0.39, 0.29) is 18.2 Å². The van der Waals surface area contributed by atoms with Crippen molar-refractivity contribution in [3.63, 3.8) is 0 Å². The predicted molar refractivity (Wildman–Crippen MR) is 62.6 cm³/mol. The number of ether oxygens (including phenoxy) is 1. The minimum atomic E-state index is -4.62. The number of phenolic OH excluding ortho intramolecular Hbond substituents is 1. The van der Waals surface area contributed by atoms with E-state index in [0.717, 1.165) is 6.07 Å². The zero-order chi connectivity index (χ0) is 12.5. The normalized spacial score (nSPS) is 12.8. The van der Waals surface area contributed by atoms with Crippen molar-refractivity contribution in [2.45, 2.75) is 12.2 Å². The van der Waals surface area contributed by atoms with E-state index < -0.39 is 23.5 Å². The molecule has 0 aromatic heterocycles. The molecular weight excluding hydrogens is 326 g/mol. The van der Waals surface area contributed by atoms with Gasteiger partial charge in [-0.05, 0) is 12.1 Å². The number of hydrogen-bond donors (Lipinski definition) is 2. The minimum Gasteiger partial charge on any atom is -0.504 e. The van der Waals surface area contributed by atoms with E-state index in [1.165, 1.54) is 13.2 Å². The van der Waals surface area contributed by atoms with E-state index in [1.807, 2.05) is 0 Å². The molecule has 0 radical (unpaired) electrons. The summed E-state index contributed by atoms with van der Waals surface area (Å²) in [6, 6.07) is 0.205. The van der Waals surface area contributed by atoms with Crippen LogP contribution in [0.3, 0.4) is 0 Å². The smallest absolute Gasteiger partial charge is 0.407 e. The first-order valence-corrected chi connectivity index (χ1v) is 4.95. The molecule has 0 heterocycles. The van der Waals surface area contributed by atoms with Gasteiger partial charge >= 0.3 is 6.18 Å². The van der Waals surface area contributed by atoms with Crippen LogP contribution in [0.4, 0.5) is 13.2 Å². The molecule has 0 aliphatic carbocycles. The Morgan fingerprint density at radius 1 is 1.41 bits per heavy atom. The van der Waals surface area contributed by atoms with Crippen LogP contribution < -0.4 is 10.5 Å². The lowest BCUT2D eigenvalue weighted by Crippen LogP contribution is -2.28. The van der Waals surface area contributed by atoms with Crippen molar-refractivity contribution in [2.75, 3.05) is 7.11 Å². The van der Waals surface area contributed by atoms with Crippen molar-refractivity contribution < 1.29 is 23.0 Å². The molecule has 0 fully saturated rings. The van der Waals surface area contributed by atoms with Crippen LogP contribution in [-0.2, 0) is 0 Å². The lowest BCUT2D eigenvalue weighted by molar-refractivity contribution is -0.149. The maximum atomic E-state index is 12.4. The summed E-state index contributed by atoms with van der Waals surface area (Å²) in [7, 11) is 1.24. The van der Waals surface area contributed by atoms with E-state index in [1.54, 1.807) is 0 Å². The van der Waals surface area contributed by atoms with Gasteiger partial charge in [0, 0.05) is 10.0 Å². The molecule has 0 amide bonds. The molecule has 3 N–H and O–H groups in total. The average molecular weight is 337 g/mol. The third-order valence-corrected chi connectivity index (χ3v) is 2.43. The highest BCUT2D eigenvalue weighted by atomic mass is 79.9. The molecule has 1 aromatic carbocycles. The number of alkyl halides is 3. The largest absolute Gasteiger partial charge is 0.504 e. The number of halogens is 5. The van der Waals surface area contributed by atoms with Crippen LogP contribution in [-0.4, -0.2) is 18.4 Å². The second-order valence-corrected chi connectivity index (χ2v) is 3.98. The van der Waals surface area contributed by atoms with E-state index in [2.05, 4.69) is 15.9 Å². The quantitative estimate of drug-likeness (QED) is 0.872. The number of rotatable bonds is 2. The Morgan fingerprint density at radius 3 is 2.35 bits per heavy atom. The van der Waals surface area contributed by atoms with Gasteiger partial charge in [-0.15, -0.1) is 12.4 Å². The van der Waals surface area contributed by atoms with Gasteiger partial charge in [-0.3, -0.25) is 0 Å². The lowest BCUT2D eigenvalue weighted by Gasteiger charge is -2.18. The van der Waals surface area contributed by atoms with E-state index in [0.29, 0.717) is 4.47 Å². The molecule has 0 saturated heterocycles. The summed E-state index contributed by atoms with van der Waals surface area (Å²) in [5.74, 6) is -0.667. The summed E-state index contributed by atoms with van der Waals surface area (Å²) < 4.78 is 42.2. The zero-order valence-corrected chi connectivity index (χ0v) is 11.0. The lowest BCUT2D eigenvalue weighted by atomic mass is 10.1. The molecule has 3 nitrogen and oxygen atoms in total. The van der Waals surface area contributed by atoms with Gasteiger partial charge < -0.3 is 15.6 Å². The number of hydrogen-bond acceptors (Lipinski definition) is 3. The summed E-state index contributed by atoms with van der Waals surface area (Å²) in [5.41, 5.74) is 4.57. The molecule has 98 valence electrons. The number of methoxy groups -OCH3 is 1. The van der Waals surface area contributed by atoms with Crippen LogP contribution in [0.1, 0.15) is 11.6 Å². The number of aromatic hydroxyl groups is 1. The molecule has 0 bridgehead atoms. The highest BCUT2D eigenvalue weighted by molar-refractivity contribution is 9.10. The summed E-state index contributed by atoms with van der Waals surface area (Å²) in [6.07, 6.45) is -4.62. The SMILES string of the molecule is COc1cc(Br)cc([C@@H](N)C(F)(F)F)c1O.Cl. The van der Waals surface area contributed by atoms with Crippen molar-refractivity contribution in [1.82, 2.24) is 0 Å². The molecule has 0 saturated carbocycles. The maximum Gasteiger partial charge on any atom is 0.407 e. The Kier molecular flexibility index (Phi) is 5.57. The summed E-state index contributed by atoms with van der Waals surface area (Å²) >= 11 is 3.01. The van der Waals surface area contributed by atoms with Crippen molar-refractivity contribution >= 4 is 28.3 Å². The van der Waals surface area contributed by atoms with Gasteiger partial charge in [0.15, 0.2) is 11.5 Å². The first-order chi connectivity index (χ1) is 7.27. The standard InChI is InChI=1S/C9H9BrF3NO2.ClH/c1-16-6-3-4(10)2-5(7(6)15)8(14)9(11,12)13;/h2-3,8,15H,14H2,1H3;1H/t8-;/m1./s1. The molecule has 0 aliphatic rings. The molecule has 1 rings (SSSR count). The molecule has 0 spiro atoms. The third-order valence-electron chi connectivity index (χ3n) is 1.98. The maximum absolute atomic E-state index is 12.4. The van der Waals surface area contributed by atoms with Crippen LogP contribution in [0.5, 0.6) is 11.5 Å². The molecule has 8 heteroatoms. The third kappa shape index (κ3) is 3.65. The summed E-state index contributed by atoms with van der Waals surface area (Å²) in [4.78, 5) is 0. The van der Waals surface area contributed by atoms with E-state index in [9.17, 15) is 18.3 Å². The topological polar surface area (TPSA) is 55.5 Å². The first-order valence-electron chi connectivity index (χ1n) is 4.16. The Bertz CT molecular complexity index is 401.